The van der Waals surface area contributed by atoms with Crippen LogP contribution >= 0.6 is 0 Å². The van der Waals surface area contributed by atoms with Crippen LogP contribution in [-0.2, 0) is 10.0 Å². The van der Waals surface area contributed by atoms with Crippen molar-refractivity contribution in [3.05, 3.63) is 70.3 Å². The largest absolute Gasteiger partial charge is 0.287 e. The Labute approximate surface area is 166 Å². The van der Waals surface area contributed by atoms with Crippen molar-refractivity contribution in [2.75, 3.05) is 0 Å². The van der Waals surface area contributed by atoms with Gasteiger partial charge in [0.1, 0.15) is 11.5 Å². The van der Waals surface area contributed by atoms with Gasteiger partial charge in [0.05, 0.1) is 22.2 Å². The average Bonchev–Trinajstić information content (AvgIpc) is 3.04. The first-order valence-electron chi connectivity index (χ1n) is 8.41. The number of nitrogens with one attached hydrogen (secondary N) is 1. The number of sulfonamides is 1. The molecule has 3 aromatic rings. The fourth-order valence-electron chi connectivity index (χ4n) is 2.74. The van der Waals surface area contributed by atoms with E-state index in [1.54, 1.807) is 26.0 Å². The second-order valence-electron chi connectivity index (χ2n) is 6.42. The summed E-state index contributed by atoms with van der Waals surface area (Å²) in [5, 5.41) is 16.3. The number of aryl methyl sites for hydroxylation is 2. The number of hydrogen-bond donors (Lipinski definition) is 1. The molecule has 0 radical (unpaired) electrons. The number of aromatic nitrogens is 3. The monoisotopic (exact) mass is 413 g/mol. The fourth-order valence-corrected chi connectivity index (χ4v) is 4.02. The molecule has 8 nitrogen and oxygen atoms in total. The van der Waals surface area contributed by atoms with E-state index in [0.717, 1.165) is 16.3 Å². The maximum Gasteiger partial charge on any atom is 0.287 e. The zero-order chi connectivity index (χ0) is 21.3. The van der Waals surface area contributed by atoms with Gasteiger partial charge in [-0.2, -0.15) is 5.26 Å². The topological polar surface area (TPSA) is 118 Å². The molecule has 29 heavy (non-hydrogen) atoms. The van der Waals surface area contributed by atoms with Crippen molar-refractivity contribution in [2.24, 2.45) is 0 Å². The number of rotatable bonds is 4. The summed E-state index contributed by atoms with van der Waals surface area (Å²) in [6.45, 7) is 4.81. The minimum Gasteiger partial charge on any atom is -0.266 e. The van der Waals surface area contributed by atoms with E-state index in [9.17, 15) is 17.6 Å². The maximum absolute atomic E-state index is 14.3. The third kappa shape index (κ3) is 3.86. The second-order valence-corrected chi connectivity index (χ2v) is 8.07. The molecule has 0 aliphatic heterocycles. The van der Waals surface area contributed by atoms with Crippen LogP contribution in [0.4, 0.5) is 4.39 Å². The van der Waals surface area contributed by atoms with Gasteiger partial charge in [0.25, 0.3) is 15.9 Å². The summed E-state index contributed by atoms with van der Waals surface area (Å²) < 4.78 is 42.5. The Morgan fingerprint density at radius 2 is 1.90 bits per heavy atom. The third-order valence-electron chi connectivity index (χ3n) is 4.27. The van der Waals surface area contributed by atoms with E-state index in [4.69, 9.17) is 5.26 Å². The number of carbonyl (C=O) groups is 1. The Balaban J connectivity index is 1.94. The minimum atomic E-state index is -4.14. The van der Waals surface area contributed by atoms with Crippen molar-refractivity contribution in [1.82, 2.24) is 19.7 Å². The molecule has 0 saturated heterocycles. The van der Waals surface area contributed by atoms with Crippen molar-refractivity contribution in [1.29, 1.82) is 5.26 Å². The van der Waals surface area contributed by atoms with Gasteiger partial charge >= 0.3 is 0 Å². The van der Waals surface area contributed by atoms with Gasteiger partial charge in [-0.15, -0.1) is 5.10 Å². The molecule has 1 aromatic heterocycles. The number of nitriles is 1. The highest BCUT2D eigenvalue weighted by molar-refractivity contribution is 7.90. The molecular formula is C19H16FN5O3S. The molecule has 10 heteroatoms. The van der Waals surface area contributed by atoms with Gasteiger partial charge in [0, 0.05) is 0 Å². The molecule has 1 heterocycles. The summed E-state index contributed by atoms with van der Waals surface area (Å²) in [7, 11) is -4.14. The normalized spacial score (nSPS) is 11.1. The highest BCUT2D eigenvalue weighted by Gasteiger charge is 2.25. The van der Waals surface area contributed by atoms with Crippen LogP contribution in [0.3, 0.4) is 0 Å². The molecule has 0 aliphatic carbocycles. The number of nitrogens with zero attached hydrogens (tertiary/aromatic N) is 4. The Hall–Kier alpha value is -3.58. The van der Waals surface area contributed by atoms with Crippen LogP contribution in [0.1, 0.15) is 32.9 Å². The zero-order valence-electron chi connectivity index (χ0n) is 15.8. The van der Waals surface area contributed by atoms with Gasteiger partial charge in [-0.25, -0.2) is 22.2 Å². The predicted molar refractivity (Wildman–Crippen MR) is 101 cm³/mol. The maximum atomic E-state index is 14.3. The van der Waals surface area contributed by atoms with Crippen molar-refractivity contribution < 1.29 is 17.6 Å². The standard InChI is InChI=1S/C19H16FN5O3S/c1-11-4-5-12(2)17(8-11)29(27,28)23-19(26)18-13(3)25(24-22-18)16-7-6-14(10-21)9-15(16)20/h4-9H,1-3H3,(H,23,26). The molecule has 0 atom stereocenters. The highest BCUT2D eigenvalue weighted by Crippen LogP contribution is 2.19. The van der Waals surface area contributed by atoms with Crippen molar-refractivity contribution >= 4 is 15.9 Å². The Kier molecular flexibility index (Phi) is 5.18. The molecule has 1 amide bonds. The van der Waals surface area contributed by atoms with Crippen molar-refractivity contribution in [3.8, 4) is 11.8 Å². The van der Waals surface area contributed by atoms with E-state index in [1.165, 1.54) is 25.1 Å². The van der Waals surface area contributed by atoms with E-state index >= 15 is 0 Å². The molecule has 0 aliphatic rings. The molecule has 0 spiro atoms. The first-order valence-corrected chi connectivity index (χ1v) is 9.89. The van der Waals surface area contributed by atoms with E-state index in [2.05, 4.69) is 10.3 Å². The average molecular weight is 413 g/mol. The molecule has 148 valence electrons. The fraction of sp³-hybridized carbons (Fsp3) is 0.158. The molecule has 0 unspecified atom stereocenters. The first-order chi connectivity index (χ1) is 13.6. The number of hydrogen-bond acceptors (Lipinski definition) is 6. The third-order valence-corrected chi connectivity index (χ3v) is 5.75. The van der Waals surface area contributed by atoms with E-state index < -0.39 is 21.7 Å². The summed E-state index contributed by atoms with van der Waals surface area (Å²) >= 11 is 0. The lowest BCUT2D eigenvalue weighted by atomic mass is 10.2. The van der Waals surface area contributed by atoms with Gasteiger partial charge in [0.15, 0.2) is 5.69 Å². The van der Waals surface area contributed by atoms with Crippen LogP contribution in [0.25, 0.3) is 5.69 Å². The smallest absolute Gasteiger partial charge is 0.266 e. The molecule has 3 rings (SSSR count). The van der Waals surface area contributed by atoms with Crippen LogP contribution in [0, 0.1) is 37.9 Å². The lowest BCUT2D eigenvalue weighted by molar-refractivity contribution is 0.0976. The summed E-state index contributed by atoms with van der Waals surface area (Å²) in [5.74, 6) is -1.71. The molecular weight excluding hydrogens is 397 g/mol. The lowest BCUT2D eigenvalue weighted by Crippen LogP contribution is -2.32. The Bertz CT molecular complexity index is 1280. The quantitative estimate of drug-likeness (QED) is 0.701. The van der Waals surface area contributed by atoms with Crippen LogP contribution in [0.2, 0.25) is 0 Å². The first kappa shape index (κ1) is 20.2. The number of benzene rings is 2. The van der Waals surface area contributed by atoms with Crippen LogP contribution in [0.15, 0.2) is 41.3 Å². The van der Waals surface area contributed by atoms with Crippen molar-refractivity contribution in [2.45, 2.75) is 25.7 Å². The van der Waals surface area contributed by atoms with E-state index in [1.807, 2.05) is 10.8 Å². The summed E-state index contributed by atoms with van der Waals surface area (Å²) in [6, 6.07) is 10.4. The zero-order valence-corrected chi connectivity index (χ0v) is 16.6. The Morgan fingerprint density at radius 3 is 2.55 bits per heavy atom. The SMILES string of the molecule is Cc1ccc(C)c(S(=O)(=O)NC(=O)c2nnn(-c3ccc(C#N)cc3F)c2C)c1. The highest BCUT2D eigenvalue weighted by atomic mass is 32.2. The van der Waals surface area contributed by atoms with Gasteiger partial charge in [0.2, 0.25) is 0 Å². The van der Waals surface area contributed by atoms with Gasteiger partial charge in [-0.1, -0.05) is 17.3 Å². The number of halogens is 1. The summed E-state index contributed by atoms with van der Waals surface area (Å²) in [4.78, 5) is 12.5. The van der Waals surface area contributed by atoms with Gasteiger partial charge in [-0.3, -0.25) is 4.79 Å². The summed E-state index contributed by atoms with van der Waals surface area (Å²) in [6.07, 6.45) is 0. The van der Waals surface area contributed by atoms with Gasteiger partial charge < -0.3 is 0 Å². The predicted octanol–water partition coefficient (Wildman–Crippen LogP) is 2.32. The molecule has 0 bridgehead atoms. The molecule has 2 aromatic carbocycles. The van der Waals surface area contributed by atoms with Crippen LogP contribution < -0.4 is 4.72 Å². The minimum absolute atomic E-state index is 0.0194. The van der Waals surface area contributed by atoms with E-state index in [0.29, 0.717) is 5.56 Å². The Morgan fingerprint density at radius 1 is 1.17 bits per heavy atom. The number of amides is 1. The molecule has 1 N–H and O–H groups in total. The second kappa shape index (κ2) is 7.44. The van der Waals surface area contributed by atoms with Gasteiger partial charge in [-0.05, 0) is 56.2 Å². The lowest BCUT2D eigenvalue weighted by Gasteiger charge is -2.10. The number of carbonyl (C=O) groups excluding carboxylic acids is 1. The summed E-state index contributed by atoms with van der Waals surface area (Å²) in [5.41, 5.74) is 1.19. The van der Waals surface area contributed by atoms with Crippen molar-refractivity contribution in [3.63, 3.8) is 0 Å². The van der Waals surface area contributed by atoms with Crippen LogP contribution in [-0.4, -0.2) is 29.3 Å². The molecule has 0 fully saturated rings. The van der Waals surface area contributed by atoms with Crippen LogP contribution in [0.5, 0.6) is 0 Å². The van der Waals surface area contributed by atoms with E-state index in [-0.39, 0.29) is 27.5 Å². The molecule has 0 saturated carbocycles.